The Labute approximate surface area is 86.4 Å². The van der Waals surface area contributed by atoms with Crippen LogP contribution < -0.4 is 16.5 Å². The molecule has 0 aromatic carbocycles. The van der Waals surface area contributed by atoms with Gasteiger partial charge in [-0.05, 0) is 25.2 Å². The third-order valence-electron chi connectivity index (χ3n) is 1.65. The molecule has 0 aliphatic heterocycles. The second-order valence-electron chi connectivity index (χ2n) is 2.82. The van der Waals surface area contributed by atoms with Crippen LogP contribution in [0.1, 0.15) is 6.42 Å². The number of urea groups is 1. The summed E-state index contributed by atoms with van der Waals surface area (Å²) in [5, 5.41) is 19.0. The summed E-state index contributed by atoms with van der Waals surface area (Å²) in [5.74, 6) is 5.58. The molecule has 9 heteroatoms. The molecule has 2 amide bonds. The Kier molecular flexibility index (Phi) is 4.44. The number of aromatic nitrogens is 4. The highest BCUT2D eigenvalue weighted by Gasteiger charge is 2.10. The predicted molar refractivity (Wildman–Crippen MR) is 52.6 cm³/mol. The number of anilines is 1. The molecular weight excluding hydrogens is 200 g/mol. The van der Waals surface area contributed by atoms with Crippen molar-refractivity contribution in [1.29, 1.82) is 0 Å². The van der Waals surface area contributed by atoms with Crippen molar-refractivity contribution in [2.45, 2.75) is 6.42 Å². The Bertz CT molecular complexity index is 285. The molecule has 0 aliphatic rings. The highest BCUT2D eigenvalue weighted by Crippen LogP contribution is 1.93. The second-order valence-corrected chi connectivity index (χ2v) is 2.82. The van der Waals surface area contributed by atoms with Crippen LogP contribution in [-0.4, -0.2) is 51.8 Å². The van der Waals surface area contributed by atoms with E-state index in [1.165, 1.54) is 0 Å². The number of nitrogens with two attached hydrogens (primary N) is 1. The minimum absolute atomic E-state index is 0.101. The van der Waals surface area contributed by atoms with Gasteiger partial charge in [-0.1, -0.05) is 5.10 Å². The number of nitrogens with one attached hydrogen (secondary N) is 3. The number of amides is 2. The normalized spacial score (nSPS) is 10.0. The standard InChI is InChI=1S/C6H14N8O/c1-8-3-2-4-14(7)6(15)9-5-10-12-13-11-5/h8H,2-4,7H2,1H3,(H2,9,10,11,12,13,15). The molecule has 0 fully saturated rings. The highest BCUT2D eigenvalue weighted by atomic mass is 16.2. The van der Waals surface area contributed by atoms with Gasteiger partial charge in [-0.2, -0.15) is 5.21 Å². The van der Waals surface area contributed by atoms with Crippen LogP contribution in [-0.2, 0) is 0 Å². The number of hydrogen-bond donors (Lipinski definition) is 4. The van der Waals surface area contributed by atoms with E-state index in [-0.39, 0.29) is 5.95 Å². The van der Waals surface area contributed by atoms with Crippen LogP contribution in [0.3, 0.4) is 0 Å². The largest absolute Gasteiger partial charge is 0.338 e. The molecule has 1 heterocycles. The Morgan fingerprint density at radius 2 is 2.47 bits per heavy atom. The molecule has 0 spiro atoms. The number of carbonyl (C=O) groups is 1. The van der Waals surface area contributed by atoms with Crippen molar-refractivity contribution in [3.63, 3.8) is 0 Å². The zero-order valence-corrected chi connectivity index (χ0v) is 8.40. The topological polar surface area (TPSA) is 125 Å². The van der Waals surface area contributed by atoms with E-state index in [4.69, 9.17) is 5.84 Å². The van der Waals surface area contributed by atoms with E-state index in [1.807, 2.05) is 7.05 Å². The van der Waals surface area contributed by atoms with Gasteiger partial charge in [0.15, 0.2) is 0 Å². The fourth-order valence-electron chi connectivity index (χ4n) is 0.910. The first kappa shape index (κ1) is 11.3. The quantitative estimate of drug-likeness (QED) is 0.205. The molecule has 1 aromatic heterocycles. The van der Waals surface area contributed by atoms with Gasteiger partial charge in [0, 0.05) is 6.54 Å². The number of hydrogen-bond acceptors (Lipinski definition) is 6. The molecular formula is C6H14N8O. The Balaban J connectivity index is 2.27. The molecule has 15 heavy (non-hydrogen) atoms. The molecule has 1 aromatic rings. The number of H-pyrrole nitrogens is 1. The van der Waals surface area contributed by atoms with E-state index in [1.54, 1.807) is 0 Å². The van der Waals surface area contributed by atoms with E-state index < -0.39 is 6.03 Å². The molecule has 84 valence electrons. The minimum Gasteiger partial charge on any atom is -0.320 e. The van der Waals surface area contributed by atoms with E-state index in [2.05, 4.69) is 31.3 Å². The van der Waals surface area contributed by atoms with Crippen LogP contribution >= 0.6 is 0 Å². The maximum atomic E-state index is 11.4. The molecule has 0 bridgehead atoms. The predicted octanol–water partition coefficient (Wildman–Crippen LogP) is -1.48. The van der Waals surface area contributed by atoms with Crippen molar-refractivity contribution in [1.82, 2.24) is 30.9 Å². The van der Waals surface area contributed by atoms with Gasteiger partial charge in [0.25, 0.3) is 5.95 Å². The van der Waals surface area contributed by atoms with E-state index in [9.17, 15) is 4.79 Å². The van der Waals surface area contributed by atoms with Crippen molar-refractivity contribution in [3.05, 3.63) is 0 Å². The number of hydrazine groups is 1. The smallest absolute Gasteiger partial charge is 0.320 e. The first-order valence-electron chi connectivity index (χ1n) is 4.45. The van der Waals surface area contributed by atoms with Gasteiger partial charge in [-0.25, -0.2) is 10.6 Å². The Morgan fingerprint density at radius 1 is 1.67 bits per heavy atom. The third-order valence-corrected chi connectivity index (χ3v) is 1.65. The Hall–Kier alpha value is -1.74. The van der Waals surface area contributed by atoms with Gasteiger partial charge in [-0.3, -0.25) is 10.3 Å². The van der Waals surface area contributed by atoms with Crippen molar-refractivity contribution in [3.8, 4) is 0 Å². The number of nitrogens with zero attached hydrogens (tertiary/aromatic N) is 4. The summed E-state index contributed by atoms with van der Waals surface area (Å²) >= 11 is 0. The third kappa shape index (κ3) is 3.87. The summed E-state index contributed by atoms with van der Waals surface area (Å²) in [6.07, 6.45) is 0.771. The minimum atomic E-state index is -0.465. The average Bonchev–Trinajstić information content (AvgIpc) is 2.70. The molecule has 0 radical (unpaired) electrons. The molecule has 0 aliphatic carbocycles. The second kappa shape index (κ2) is 5.88. The van der Waals surface area contributed by atoms with Crippen LogP contribution in [0.5, 0.6) is 0 Å². The van der Waals surface area contributed by atoms with Crippen LogP contribution in [0.25, 0.3) is 0 Å². The van der Waals surface area contributed by atoms with Gasteiger partial charge in [-0.15, -0.1) is 5.10 Å². The van der Waals surface area contributed by atoms with E-state index in [0.717, 1.165) is 18.0 Å². The maximum absolute atomic E-state index is 11.4. The lowest BCUT2D eigenvalue weighted by Crippen LogP contribution is -2.42. The van der Waals surface area contributed by atoms with Crippen LogP contribution in [0.15, 0.2) is 0 Å². The van der Waals surface area contributed by atoms with Crippen molar-refractivity contribution in [2.24, 2.45) is 5.84 Å². The molecule has 5 N–H and O–H groups in total. The average molecular weight is 214 g/mol. The first-order chi connectivity index (χ1) is 7.24. The number of tetrazole rings is 1. The first-order valence-corrected chi connectivity index (χ1v) is 4.45. The lowest BCUT2D eigenvalue weighted by atomic mass is 10.4. The summed E-state index contributed by atoms with van der Waals surface area (Å²) in [6.45, 7) is 1.24. The number of carbonyl (C=O) groups excluding carboxylic acids is 1. The van der Waals surface area contributed by atoms with Gasteiger partial charge in [0.05, 0.1) is 0 Å². The van der Waals surface area contributed by atoms with Crippen LogP contribution in [0.2, 0.25) is 0 Å². The maximum Gasteiger partial charge on any atom is 0.338 e. The lowest BCUT2D eigenvalue weighted by molar-refractivity contribution is 0.212. The van der Waals surface area contributed by atoms with Crippen molar-refractivity contribution < 1.29 is 4.79 Å². The van der Waals surface area contributed by atoms with Gasteiger partial charge in [0.1, 0.15) is 0 Å². The van der Waals surface area contributed by atoms with Crippen molar-refractivity contribution >= 4 is 12.0 Å². The zero-order chi connectivity index (χ0) is 11.1. The summed E-state index contributed by atoms with van der Waals surface area (Å²) < 4.78 is 0. The van der Waals surface area contributed by atoms with Crippen LogP contribution in [0.4, 0.5) is 10.7 Å². The number of aromatic amines is 1. The fourth-order valence-corrected chi connectivity index (χ4v) is 0.910. The summed E-state index contributed by atoms with van der Waals surface area (Å²) in [5.41, 5.74) is 0. The van der Waals surface area contributed by atoms with Gasteiger partial charge >= 0.3 is 6.03 Å². The van der Waals surface area contributed by atoms with Gasteiger partial charge in [0.2, 0.25) is 0 Å². The monoisotopic (exact) mass is 214 g/mol. The Morgan fingerprint density at radius 3 is 3.07 bits per heavy atom. The fraction of sp³-hybridized carbons (Fsp3) is 0.667. The van der Waals surface area contributed by atoms with Crippen LogP contribution in [0, 0.1) is 0 Å². The van der Waals surface area contributed by atoms with Crippen molar-refractivity contribution in [2.75, 3.05) is 25.5 Å². The summed E-state index contributed by atoms with van der Waals surface area (Å²) in [7, 11) is 1.83. The summed E-state index contributed by atoms with van der Waals surface area (Å²) in [6, 6.07) is -0.465. The zero-order valence-electron chi connectivity index (χ0n) is 8.40. The van der Waals surface area contributed by atoms with E-state index in [0.29, 0.717) is 6.54 Å². The molecule has 0 saturated carbocycles. The molecule has 0 saturated heterocycles. The molecule has 0 atom stereocenters. The van der Waals surface area contributed by atoms with Gasteiger partial charge < -0.3 is 5.32 Å². The molecule has 1 rings (SSSR count). The summed E-state index contributed by atoms with van der Waals surface area (Å²) in [4.78, 5) is 11.4. The highest BCUT2D eigenvalue weighted by molar-refractivity contribution is 5.86. The lowest BCUT2D eigenvalue weighted by Gasteiger charge is -2.15. The number of rotatable bonds is 5. The van der Waals surface area contributed by atoms with E-state index >= 15 is 0 Å². The SMILES string of the molecule is CNCCCN(N)C(=O)Nc1nn[nH]n1. The molecule has 0 unspecified atom stereocenters. The molecule has 9 nitrogen and oxygen atoms in total.